The third kappa shape index (κ3) is 2.88. The van der Waals surface area contributed by atoms with Gasteiger partial charge in [0.15, 0.2) is 0 Å². The summed E-state index contributed by atoms with van der Waals surface area (Å²) in [6.07, 6.45) is 1.72. The lowest BCUT2D eigenvalue weighted by Crippen LogP contribution is -2.37. The molecule has 0 aromatic rings. The average Bonchev–Trinajstić information content (AvgIpc) is 2.08. The van der Waals surface area contributed by atoms with Gasteiger partial charge < -0.3 is 4.74 Å². The predicted octanol–water partition coefficient (Wildman–Crippen LogP) is 1.09. The van der Waals surface area contributed by atoms with Crippen molar-refractivity contribution < 1.29 is 18.9 Å². The van der Waals surface area contributed by atoms with Gasteiger partial charge in [0.05, 0.1) is 6.26 Å². The fraction of sp³-hybridized carbons (Fsp3) is 0.714. The van der Waals surface area contributed by atoms with E-state index in [1.165, 1.54) is 27.6 Å². The molecule has 0 rings (SSSR count). The molecule has 0 N–H and O–H groups in total. The van der Waals surface area contributed by atoms with Gasteiger partial charge in [-0.05, 0) is 6.92 Å². The highest BCUT2D eigenvalue weighted by Gasteiger charge is 2.31. The standard InChI is InChI=1S/C7H14O4/c1-5-6-11-7(8-2,9-3)10-4/h5-6H,1-4H3/b6-5-. The van der Waals surface area contributed by atoms with Crippen LogP contribution in [0.2, 0.25) is 0 Å². The zero-order valence-corrected chi connectivity index (χ0v) is 7.29. The van der Waals surface area contributed by atoms with E-state index in [-0.39, 0.29) is 0 Å². The van der Waals surface area contributed by atoms with Crippen LogP contribution in [0.15, 0.2) is 12.3 Å². The zero-order valence-electron chi connectivity index (χ0n) is 7.29. The topological polar surface area (TPSA) is 36.9 Å². The lowest BCUT2D eigenvalue weighted by atomic mass is 10.7. The second-order valence-corrected chi connectivity index (χ2v) is 1.70. The van der Waals surface area contributed by atoms with Gasteiger partial charge in [0.2, 0.25) is 0 Å². The van der Waals surface area contributed by atoms with Gasteiger partial charge in [-0.25, -0.2) is 0 Å². The van der Waals surface area contributed by atoms with Gasteiger partial charge in [0.1, 0.15) is 0 Å². The molecular weight excluding hydrogens is 148 g/mol. The maximum atomic E-state index is 4.98. The van der Waals surface area contributed by atoms with E-state index in [1.807, 2.05) is 6.92 Å². The lowest BCUT2D eigenvalue weighted by Gasteiger charge is -2.25. The molecule has 0 aliphatic rings. The summed E-state index contributed by atoms with van der Waals surface area (Å²) in [4.78, 5) is 0. The molecule has 0 saturated carbocycles. The quantitative estimate of drug-likeness (QED) is 0.448. The third-order valence-corrected chi connectivity index (χ3v) is 1.10. The number of allylic oxidation sites excluding steroid dienone is 1. The van der Waals surface area contributed by atoms with E-state index in [1.54, 1.807) is 6.08 Å². The minimum atomic E-state index is -1.41. The van der Waals surface area contributed by atoms with Crippen molar-refractivity contribution in [2.75, 3.05) is 21.3 Å². The Bertz CT molecular complexity index is 109. The summed E-state index contributed by atoms with van der Waals surface area (Å²) < 4.78 is 19.4. The van der Waals surface area contributed by atoms with Crippen molar-refractivity contribution in [1.82, 2.24) is 0 Å². The number of hydrogen-bond donors (Lipinski definition) is 0. The second-order valence-electron chi connectivity index (χ2n) is 1.70. The Morgan fingerprint density at radius 2 is 1.45 bits per heavy atom. The monoisotopic (exact) mass is 162 g/mol. The van der Waals surface area contributed by atoms with E-state index in [0.717, 1.165) is 0 Å². The molecule has 4 nitrogen and oxygen atoms in total. The maximum Gasteiger partial charge on any atom is 0.459 e. The molecule has 0 aliphatic carbocycles. The predicted molar refractivity (Wildman–Crippen MR) is 39.7 cm³/mol. The number of ether oxygens (including phenoxy) is 4. The smallest absolute Gasteiger partial charge is 0.425 e. The zero-order chi connectivity index (χ0) is 8.74. The molecule has 0 aliphatic heterocycles. The van der Waals surface area contributed by atoms with E-state index in [0.29, 0.717) is 0 Å². The second kappa shape index (κ2) is 5.12. The van der Waals surface area contributed by atoms with Crippen LogP contribution in [-0.2, 0) is 18.9 Å². The van der Waals surface area contributed by atoms with Gasteiger partial charge in [0, 0.05) is 21.3 Å². The highest BCUT2D eigenvalue weighted by atomic mass is 17.0. The summed E-state index contributed by atoms with van der Waals surface area (Å²) in [6.45, 7) is 1.81. The van der Waals surface area contributed by atoms with Crippen LogP contribution in [0.3, 0.4) is 0 Å². The largest absolute Gasteiger partial charge is 0.459 e. The Morgan fingerprint density at radius 1 is 1.00 bits per heavy atom. The molecule has 0 radical (unpaired) electrons. The fourth-order valence-electron chi connectivity index (χ4n) is 0.546. The number of methoxy groups -OCH3 is 3. The first-order chi connectivity index (χ1) is 5.24. The summed E-state index contributed by atoms with van der Waals surface area (Å²) in [6, 6.07) is 0. The summed E-state index contributed by atoms with van der Waals surface area (Å²) in [5.74, 6) is 0. The molecule has 4 heteroatoms. The minimum absolute atomic E-state index is 1.41. The van der Waals surface area contributed by atoms with Crippen molar-refractivity contribution in [3.8, 4) is 0 Å². The van der Waals surface area contributed by atoms with Crippen LogP contribution in [0, 0.1) is 0 Å². The van der Waals surface area contributed by atoms with Crippen molar-refractivity contribution in [1.29, 1.82) is 0 Å². The molecule has 0 heterocycles. The van der Waals surface area contributed by atoms with Gasteiger partial charge in [-0.3, -0.25) is 14.2 Å². The average molecular weight is 162 g/mol. The molecule has 0 aromatic heterocycles. The Labute approximate surface area is 66.7 Å². The van der Waals surface area contributed by atoms with Crippen LogP contribution in [0.5, 0.6) is 0 Å². The molecule has 0 atom stereocenters. The molecule has 0 spiro atoms. The normalized spacial score (nSPS) is 12.4. The number of hydrogen-bond acceptors (Lipinski definition) is 4. The van der Waals surface area contributed by atoms with Crippen molar-refractivity contribution in [2.45, 2.75) is 13.1 Å². The van der Waals surface area contributed by atoms with E-state index in [2.05, 4.69) is 0 Å². The van der Waals surface area contributed by atoms with Crippen molar-refractivity contribution in [3.63, 3.8) is 0 Å². The molecule has 0 fully saturated rings. The van der Waals surface area contributed by atoms with Crippen LogP contribution >= 0.6 is 0 Å². The highest BCUT2D eigenvalue weighted by molar-refractivity contribution is 4.66. The van der Waals surface area contributed by atoms with Gasteiger partial charge in [-0.2, -0.15) is 0 Å². The lowest BCUT2D eigenvalue weighted by molar-refractivity contribution is -0.464. The molecule has 11 heavy (non-hydrogen) atoms. The van der Waals surface area contributed by atoms with E-state index in [9.17, 15) is 0 Å². The first kappa shape index (κ1) is 10.4. The fourth-order valence-corrected chi connectivity index (χ4v) is 0.546. The number of rotatable bonds is 5. The van der Waals surface area contributed by atoms with Gasteiger partial charge in [0.25, 0.3) is 0 Å². The van der Waals surface area contributed by atoms with Crippen LogP contribution < -0.4 is 0 Å². The van der Waals surface area contributed by atoms with Crippen molar-refractivity contribution >= 4 is 0 Å². The minimum Gasteiger partial charge on any atom is -0.425 e. The van der Waals surface area contributed by atoms with Crippen LogP contribution in [0.4, 0.5) is 0 Å². The third-order valence-electron chi connectivity index (χ3n) is 1.10. The maximum absolute atomic E-state index is 4.98. The summed E-state index contributed by atoms with van der Waals surface area (Å²) in [7, 11) is 4.28. The Morgan fingerprint density at radius 3 is 1.73 bits per heavy atom. The van der Waals surface area contributed by atoms with E-state index < -0.39 is 6.16 Å². The van der Waals surface area contributed by atoms with Gasteiger partial charge >= 0.3 is 6.16 Å². The molecular formula is C7H14O4. The van der Waals surface area contributed by atoms with Gasteiger partial charge in [-0.1, -0.05) is 6.08 Å². The van der Waals surface area contributed by atoms with E-state index >= 15 is 0 Å². The molecule has 66 valence electrons. The summed E-state index contributed by atoms with van der Waals surface area (Å²) in [5, 5.41) is 0. The molecule has 0 unspecified atom stereocenters. The molecule has 0 bridgehead atoms. The van der Waals surface area contributed by atoms with Crippen molar-refractivity contribution in [2.24, 2.45) is 0 Å². The van der Waals surface area contributed by atoms with Gasteiger partial charge in [-0.15, -0.1) is 0 Å². The first-order valence-corrected chi connectivity index (χ1v) is 3.19. The molecule has 0 aromatic carbocycles. The summed E-state index contributed by atoms with van der Waals surface area (Å²) in [5.41, 5.74) is 0. The van der Waals surface area contributed by atoms with Crippen LogP contribution in [0.25, 0.3) is 0 Å². The Kier molecular flexibility index (Phi) is 4.85. The highest BCUT2D eigenvalue weighted by Crippen LogP contribution is 2.13. The first-order valence-electron chi connectivity index (χ1n) is 3.19. The Balaban J connectivity index is 4.04. The van der Waals surface area contributed by atoms with Crippen LogP contribution in [0.1, 0.15) is 6.92 Å². The van der Waals surface area contributed by atoms with Crippen molar-refractivity contribution in [3.05, 3.63) is 12.3 Å². The molecule has 0 saturated heterocycles. The van der Waals surface area contributed by atoms with E-state index in [4.69, 9.17) is 18.9 Å². The SMILES string of the molecule is C/C=C\OC(OC)(OC)OC. The van der Waals surface area contributed by atoms with Crippen LogP contribution in [-0.4, -0.2) is 27.5 Å². The Hall–Kier alpha value is -0.580. The molecule has 0 amide bonds. The summed E-state index contributed by atoms with van der Waals surface area (Å²) >= 11 is 0.